The molecule has 0 saturated carbocycles. The Hall–Kier alpha value is -7.63. The lowest BCUT2D eigenvalue weighted by molar-refractivity contribution is 0.658. The summed E-state index contributed by atoms with van der Waals surface area (Å²) < 4.78 is 8.99. The normalized spacial score (nSPS) is 11.6. The molecule has 56 heavy (non-hydrogen) atoms. The van der Waals surface area contributed by atoms with E-state index in [1.807, 2.05) is 72.8 Å². The van der Waals surface area contributed by atoms with Gasteiger partial charge in [-0.1, -0.05) is 176 Å². The molecule has 0 atom stereocenters. The van der Waals surface area contributed by atoms with Crippen molar-refractivity contribution in [2.24, 2.45) is 0 Å². The van der Waals surface area contributed by atoms with Gasteiger partial charge in [0.1, 0.15) is 0 Å². The van der Waals surface area contributed by atoms with E-state index in [4.69, 9.17) is 19.4 Å². The van der Waals surface area contributed by atoms with Gasteiger partial charge in [0, 0.05) is 22.1 Å². The third-order valence-corrected chi connectivity index (χ3v) is 10.7. The summed E-state index contributed by atoms with van der Waals surface area (Å²) in [5.41, 5.74) is 13.5. The van der Waals surface area contributed by atoms with E-state index < -0.39 is 0 Å². The van der Waals surface area contributed by atoms with Gasteiger partial charge in [0.25, 0.3) is 0 Å². The molecule has 0 aliphatic rings. The molecule has 0 fully saturated rings. The molecule has 8 aromatic carbocycles. The molecule has 0 unspecified atom stereocenters. The number of fused-ring (bicyclic) bond motifs is 6. The van der Waals surface area contributed by atoms with Gasteiger partial charge < -0.3 is 4.42 Å². The lowest BCUT2D eigenvalue weighted by atomic mass is 9.91. The molecule has 0 spiro atoms. The minimum atomic E-state index is 0.635. The van der Waals surface area contributed by atoms with Gasteiger partial charge in [0.2, 0.25) is 5.71 Å². The summed E-state index contributed by atoms with van der Waals surface area (Å²) in [7, 11) is 0. The summed E-state index contributed by atoms with van der Waals surface area (Å²) in [6.07, 6.45) is 0. The molecule has 3 aromatic heterocycles. The standard InChI is InChI=1S/C51H32N4O/c1-4-14-33(15-5-1)38-28-29-43-45(32-38)55-44-22-12-13-23-46(44)56-51(55)47(43)42-31-30-39(40-20-10-11-21-41(40)42)34-24-26-37(27-25-34)50-53-48(35-16-6-2-7-17-35)52-49(54-50)36-18-8-3-9-19-36/h1-32H. The van der Waals surface area contributed by atoms with E-state index in [2.05, 4.69) is 126 Å². The molecule has 0 aliphatic heterocycles. The predicted octanol–water partition coefficient (Wildman–Crippen LogP) is 13.2. The van der Waals surface area contributed by atoms with Gasteiger partial charge in [0.05, 0.1) is 16.6 Å². The summed E-state index contributed by atoms with van der Waals surface area (Å²) in [6, 6.07) is 67.5. The average Bonchev–Trinajstić information content (AvgIpc) is 3.81. The maximum absolute atomic E-state index is 6.71. The van der Waals surface area contributed by atoms with Crippen LogP contribution in [0.3, 0.4) is 0 Å². The van der Waals surface area contributed by atoms with E-state index in [9.17, 15) is 0 Å². The van der Waals surface area contributed by atoms with Crippen LogP contribution in [0.4, 0.5) is 0 Å². The van der Waals surface area contributed by atoms with E-state index in [-0.39, 0.29) is 0 Å². The highest BCUT2D eigenvalue weighted by atomic mass is 16.3. The molecular formula is C51H32N4O. The molecule has 3 heterocycles. The molecular weight excluding hydrogens is 685 g/mol. The van der Waals surface area contributed by atoms with Gasteiger partial charge in [-0.25, -0.2) is 15.0 Å². The minimum Gasteiger partial charge on any atom is -0.438 e. The van der Waals surface area contributed by atoms with Crippen molar-refractivity contribution in [1.29, 1.82) is 0 Å². The van der Waals surface area contributed by atoms with Crippen LogP contribution in [-0.2, 0) is 0 Å². The van der Waals surface area contributed by atoms with Gasteiger partial charge in [-0.15, -0.1) is 0 Å². The van der Waals surface area contributed by atoms with E-state index in [1.165, 1.54) is 16.5 Å². The molecule has 262 valence electrons. The van der Waals surface area contributed by atoms with Crippen molar-refractivity contribution in [1.82, 2.24) is 19.4 Å². The Morgan fingerprint density at radius 2 is 0.821 bits per heavy atom. The molecule has 11 rings (SSSR count). The first-order valence-corrected chi connectivity index (χ1v) is 18.8. The molecule has 0 amide bonds. The van der Waals surface area contributed by atoms with Crippen LogP contribution < -0.4 is 0 Å². The Balaban J connectivity index is 1.04. The molecule has 0 saturated heterocycles. The summed E-state index contributed by atoms with van der Waals surface area (Å²) in [6.45, 7) is 0. The number of hydrogen-bond donors (Lipinski definition) is 0. The van der Waals surface area contributed by atoms with Crippen molar-refractivity contribution in [3.05, 3.63) is 194 Å². The van der Waals surface area contributed by atoms with Gasteiger partial charge in [0.15, 0.2) is 23.1 Å². The maximum atomic E-state index is 6.71. The van der Waals surface area contributed by atoms with Gasteiger partial charge >= 0.3 is 0 Å². The maximum Gasteiger partial charge on any atom is 0.213 e. The quantitative estimate of drug-likeness (QED) is 0.172. The SMILES string of the molecule is c1ccc(-c2ccc3c(-c4ccc(-c5ccc(-c6nc(-c7ccccc7)nc(-c7ccccc7)n6)cc5)c5ccccc45)c4oc5ccccc5n4c3c2)cc1. The number of aromatic nitrogens is 4. The van der Waals surface area contributed by atoms with Gasteiger partial charge in [-0.05, 0) is 56.8 Å². The Labute approximate surface area is 322 Å². The monoisotopic (exact) mass is 716 g/mol. The van der Waals surface area contributed by atoms with Crippen LogP contribution in [0.2, 0.25) is 0 Å². The Bertz CT molecular complexity index is 3160. The van der Waals surface area contributed by atoms with E-state index in [0.717, 1.165) is 72.0 Å². The smallest absolute Gasteiger partial charge is 0.213 e. The number of para-hydroxylation sites is 2. The Kier molecular flexibility index (Phi) is 7.42. The highest BCUT2D eigenvalue weighted by Gasteiger charge is 2.22. The average molecular weight is 717 g/mol. The number of benzene rings is 8. The zero-order chi connectivity index (χ0) is 37.0. The van der Waals surface area contributed by atoms with Crippen LogP contribution in [0.15, 0.2) is 199 Å². The van der Waals surface area contributed by atoms with Crippen molar-refractivity contribution in [2.75, 3.05) is 0 Å². The fourth-order valence-electron chi connectivity index (χ4n) is 8.01. The van der Waals surface area contributed by atoms with Crippen molar-refractivity contribution in [2.45, 2.75) is 0 Å². The van der Waals surface area contributed by atoms with Crippen molar-refractivity contribution >= 4 is 38.5 Å². The predicted molar refractivity (Wildman–Crippen MR) is 228 cm³/mol. The summed E-state index contributed by atoms with van der Waals surface area (Å²) >= 11 is 0. The molecule has 0 N–H and O–H groups in total. The number of oxazole rings is 1. The van der Waals surface area contributed by atoms with Crippen LogP contribution in [0.1, 0.15) is 0 Å². The van der Waals surface area contributed by atoms with Crippen LogP contribution >= 0.6 is 0 Å². The second kappa shape index (κ2) is 13.0. The second-order valence-corrected chi connectivity index (χ2v) is 14.0. The lowest BCUT2D eigenvalue weighted by Crippen LogP contribution is -2.00. The van der Waals surface area contributed by atoms with Crippen LogP contribution in [-0.4, -0.2) is 19.4 Å². The molecule has 5 heteroatoms. The second-order valence-electron chi connectivity index (χ2n) is 14.0. The first-order valence-electron chi connectivity index (χ1n) is 18.8. The van der Waals surface area contributed by atoms with Crippen LogP contribution in [0.5, 0.6) is 0 Å². The highest BCUT2D eigenvalue weighted by molar-refractivity contribution is 6.15. The zero-order valence-electron chi connectivity index (χ0n) is 30.2. The lowest BCUT2D eigenvalue weighted by Gasteiger charge is -2.13. The third kappa shape index (κ3) is 5.29. The zero-order valence-corrected chi connectivity index (χ0v) is 30.2. The van der Waals surface area contributed by atoms with Crippen molar-refractivity contribution < 1.29 is 4.42 Å². The fraction of sp³-hybridized carbons (Fsp3) is 0. The molecule has 0 bridgehead atoms. The van der Waals surface area contributed by atoms with Gasteiger partial charge in [-0.3, -0.25) is 4.40 Å². The van der Waals surface area contributed by atoms with Crippen molar-refractivity contribution in [3.8, 4) is 67.5 Å². The topological polar surface area (TPSA) is 56.2 Å². The summed E-state index contributed by atoms with van der Waals surface area (Å²) in [5.74, 6) is 1.93. The molecule has 5 nitrogen and oxygen atoms in total. The third-order valence-electron chi connectivity index (χ3n) is 10.7. The van der Waals surface area contributed by atoms with Crippen LogP contribution in [0.25, 0.3) is 106 Å². The summed E-state index contributed by atoms with van der Waals surface area (Å²) in [5, 5.41) is 3.48. The van der Waals surface area contributed by atoms with Crippen LogP contribution in [0, 0.1) is 0 Å². The van der Waals surface area contributed by atoms with E-state index in [0.29, 0.717) is 17.5 Å². The van der Waals surface area contributed by atoms with Crippen molar-refractivity contribution in [3.63, 3.8) is 0 Å². The number of hydrogen-bond acceptors (Lipinski definition) is 4. The minimum absolute atomic E-state index is 0.635. The fourth-order valence-corrected chi connectivity index (χ4v) is 8.01. The largest absolute Gasteiger partial charge is 0.438 e. The molecule has 11 aromatic rings. The first kappa shape index (κ1) is 31.9. The van der Waals surface area contributed by atoms with Gasteiger partial charge in [-0.2, -0.15) is 0 Å². The highest BCUT2D eigenvalue weighted by Crippen LogP contribution is 2.44. The number of nitrogens with zero attached hydrogens (tertiary/aromatic N) is 4. The molecule has 0 radical (unpaired) electrons. The van der Waals surface area contributed by atoms with E-state index in [1.54, 1.807) is 0 Å². The summed E-state index contributed by atoms with van der Waals surface area (Å²) in [4.78, 5) is 14.8. The van der Waals surface area contributed by atoms with E-state index >= 15 is 0 Å². The molecule has 0 aliphatic carbocycles. The number of rotatable bonds is 6. The Morgan fingerprint density at radius 3 is 1.46 bits per heavy atom. The first-order chi connectivity index (χ1) is 27.8. The Morgan fingerprint density at radius 1 is 0.339 bits per heavy atom.